The molecule has 1 aliphatic heterocycles. The first-order chi connectivity index (χ1) is 13.5. The molecule has 6 nitrogen and oxygen atoms in total. The van der Waals surface area contributed by atoms with Crippen molar-refractivity contribution >= 4 is 22.2 Å². The molecule has 1 saturated heterocycles. The Morgan fingerprint density at radius 1 is 1.14 bits per heavy atom. The van der Waals surface area contributed by atoms with Gasteiger partial charge < -0.3 is 4.90 Å². The van der Waals surface area contributed by atoms with Crippen molar-refractivity contribution in [2.24, 2.45) is 0 Å². The molecule has 1 aliphatic rings. The van der Waals surface area contributed by atoms with Crippen LogP contribution in [0.1, 0.15) is 22.4 Å². The van der Waals surface area contributed by atoms with Gasteiger partial charge >= 0.3 is 0 Å². The minimum absolute atomic E-state index is 0.0383. The lowest BCUT2D eigenvalue weighted by molar-refractivity contribution is -0.132. The van der Waals surface area contributed by atoms with E-state index in [9.17, 15) is 9.59 Å². The lowest BCUT2D eigenvalue weighted by Crippen LogP contribution is -2.48. The molecule has 0 N–H and O–H groups in total. The molecule has 0 unspecified atom stereocenters. The average molecular weight is 397 g/mol. The number of aryl methyl sites for hydroxylation is 2. The molecule has 0 saturated carbocycles. The number of nitrogens with zero attached hydrogens (tertiary/aromatic N) is 4. The second-order valence-electron chi connectivity index (χ2n) is 7.40. The SMILES string of the molecule is Cc1ccc(C)c(CC(=O)N2CCN(Cc3cc(=O)n4ccsc4n3)CC2)c1. The second-order valence-corrected chi connectivity index (χ2v) is 8.28. The second kappa shape index (κ2) is 7.85. The van der Waals surface area contributed by atoms with Crippen LogP contribution in [-0.2, 0) is 17.8 Å². The van der Waals surface area contributed by atoms with Crippen molar-refractivity contribution in [2.45, 2.75) is 26.8 Å². The maximum atomic E-state index is 12.7. The molecule has 28 heavy (non-hydrogen) atoms. The van der Waals surface area contributed by atoms with Gasteiger partial charge in [0.1, 0.15) is 0 Å². The largest absolute Gasteiger partial charge is 0.340 e. The average Bonchev–Trinajstić information content (AvgIpc) is 3.14. The number of rotatable bonds is 4. The first-order valence-corrected chi connectivity index (χ1v) is 10.4. The van der Waals surface area contributed by atoms with Gasteiger partial charge in [-0.25, -0.2) is 4.98 Å². The zero-order valence-electron chi connectivity index (χ0n) is 16.2. The molecular formula is C21H24N4O2S. The fraction of sp³-hybridized carbons (Fsp3) is 0.381. The molecule has 0 atom stereocenters. The Balaban J connectivity index is 1.35. The number of amides is 1. The van der Waals surface area contributed by atoms with E-state index in [-0.39, 0.29) is 11.5 Å². The Morgan fingerprint density at radius 2 is 1.93 bits per heavy atom. The van der Waals surface area contributed by atoms with E-state index in [0.717, 1.165) is 29.3 Å². The summed E-state index contributed by atoms with van der Waals surface area (Å²) in [6, 6.07) is 7.87. The lowest BCUT2D eigenvalue weighted by Gasteiger charge is -2.34. The Labute approximate surface area is 168 Å². The van der Waals surface area contributed by atoms with Crippen LogP contribution in [0.4, 0.5) is 0 Å². The first-order valence-electron chi connectivity index (χ1n) is 9.51. The molecule has 4 rings (SSSR count). The molecule has 3 aromatic rings. The molecule has 1 amide bonds. The van der Waals surface area contributed by atoms with E-state index in [1.54, 1.807) is 16.7 Å². The third kappa shape index (κ3) is 4.00. The van der Waals surface area contributed by atoms with Gasteiger partial charge in [-0.1, -0.05) is 23.8 Å². The number of benzene rings is 1. The molecule has 0 spiro atoms. The standard InChI is InChI=1S/C21H24N4O2S/c1-15-3-4-16(2)17(11-15)12-19(26)24-7-5-23(6-8-24)14-18-13-20(27)25-9-10-28-21(25)22-18/h3-4,9-11,13H,5-8,12,14H2,1-2H3. The summed E-state index contributed by atoms with van der Waals surface area (Å²) in [6.07, 6.45) is 2.21. The summed E-state index contributed by atoms with van der Waals surface area (Å²) >= 11 is 1.47. The monoisotopic (exact) mass is 396 g/mol. The van der Waals surface area contributed by atoms with E-state index in [1.807, 2.05) is 10.3 Å². The zero-order chi connectivity index (χ0) is 19.7. The van der Waals surface area contributed by atoms with Crippen molar-refractivity contribution < 1.29 is 4.79 Å². The van der Waals surface area contributed by atoms with Gasteiger partial charge in [0, 0.05) is 50.4 Å². The normalized spacial score (nSPS) is 15.3. The number of fused-ring (bicyclic) bond motifs is 1. The van der Waals surface area contributed by atoms with E-state index in [1.165, 1.54) is 22.5 Å². The van der Waals surface area contributed by atoms with Crippen LogP contribution in [0.3, 0.4) is 0 Å². The van der Waals surface area contributed by atoms with Gasteiger partial charge in [-0.3, -0.25) is 18.9 Å². The van der Waals surface area contributed by atoms with E-state index >= 15 is 0 Å². The number of aromatic nitrogens is 2. The van der Waals surface area contributed by atoms with Crippen LogP contribution in [0.15, 0.2) is 40.6 Å². The number of hydrogen-bond donors (Lipinski definition) is 0. The van der Waals surface area contributed by atoms with Gasteiger partial charge in [0.2, 0.25) is 5.91 Å². The van der Waals surface area contributed by atoms with Crippen molar-refractivity contribution in [2.75, 3.05) is 26.2 Å². The van der Waals surface area contributed by atoms with Crippen LogP contribution >= 0.6 is 11.3 Å². The highest BCUT2D eigenvalue weighted by Crippen LogP contribution is 2.14. The van der Waals surface area contributed by atoms with Crippen molar-refractivity contribution in [1.82, 2.24) is 19.2 Å². The molecule has 7 heteroatoms. The first kappa shape index (κ1) is 18.8. The van der Waals surface area contributed by atoms with Crippen LogP contribution in [0.5, 0.6) is 0 Å². The van der Waals surface area contributed by atoms with Gasteiger partial charge in [0.15, 0.2) is 4.96 Å². The maximum absolute atomic E-state index is 12.7. The van der Waals surface area contributed by atoms with Crippen LogP contribution in [0.2, 0.25) is 0 Å². The van der Waals surface area contributed by atoms with Crippen molar-refractivity contribution in [3.8, 4) is 0 Å². The predicted octanol–water partition coefficient (Wildman–Crippen LogP) is 2.26. The van der Waals surface area contributed by atoms with Gasteiger partial charge in [-0.15, -0.1) is 11.3 Å². The highest BCUT2D eigenvalue weighted by Gasteiger charge is 2.22. The minimum atomic E-state index is -0.0383. The summed E-state index contributed by atoms with van der Waals surface area (Å²) < 4.78 is 1.57. The van der Waals surface area contributed by atoms with Gasteiger partial charge in [-0.05, 0) is 25.0 Å². The number of carbonyl (C=O) groups excluding carboxylic acids is 1. The Hall–Kier alpha value is -2.51. The summed E-state index contributed by atoms with van der Waals surface area (Å²) in [7, 11) is 0. The number of hydrogen-bond acceptors (Lipinski definition) is 5. The van der Waals surface area contributed by atoms with Gasteiger partial charge in [0.05, 0.1) is 12.1 Å². The van der Waals surface area contributed by atoms with Crippen LogP contribution < -0.4 is 5.56 Å². The van der Waals surface area contributed by atoms with E-state index in [0.29, 0.717) is 26.1 Å². The van der Waals surface area contributed by atoms with Crippen LogP contribution in [0.25, 0.3) is 4.96 Å². The predicted molar refractivity (Wildman–Crippen MR) is 111 cm³/mol. The fourth-order valence-corrected chi connectivity index (χ4v) is 4.36. The van der Waals surface area contributed by atoms with Gasteiger partial charge in [-0.2, -0.15) is 0 Å². The molecule has 146 valence electrons. The van der Waals surface area contributed by atoms with E-state index < -0.39 is 0 Å². The highest BCUT2D eigenvalue weighted by molar-refractivity contribution is 7.15. The summed E-state index contributed by atoms with van der Waals surface area (Å²) in [6.45, 7) is 7.77. The molecule has 0 radical (unpaired) electrons. The van der Waals surface area contributed by atoms with Crippen molar-refractivity contribution in [3.63, 3.8) is 0 Å². The maximum Gasteiger partial charge on any atom is 0.258 e. The molecule has 1 fully saturated rings. The highest BCUT2D eigenvalue weighted by atomic mass is 32.1. The van der Waals surface area contributed by atoms with E-state index in [2.05, 4.69) is 41.9 Å². The zero-order valence-corrected chi connectivity index (χ0v) is 17.0. The number of carbonyl (C=O) groups is 1. The Bertz CT molecular complexity index is 1060. The molecule has 1 aromatic carbocycles. The molecular weight excluding hydrogens is 372 g/mol. The molecule has 3 heterocycles. The minimum Gasteiger partial charge on any atom is -0.340 e. The summed E-state index contributed by atoms with van der Waals surface area (Å²) in [5.74, 6) is 0.185. The Morgan fingerprint density at radius 3 is 2.71 bits per heavy atom. The quantitative estimate of drug-likeness (QED) is 0.679. The number of thiazole rings is 1. The summed E-state index contributed by atoms with van der Waals surface area (Å²) in [5.41, 5.74) is 4.22. The molecule has 2 aromatic heterocycles. The van der Waals surface area contributed by atoms with Crippen molar-refractivity contribution in [3.05, 3.63) is 68.6 Å². The number of piperazine rings is 1. The summed E-state index contributed by atoms with van der Waals surface area (Å²) in [4.78, 5) is 34.3. The van der Waals surface area contributed by atoms with Crippen LogP contribution in [-0.4, -0.2) is 51.3 Å². The lowest BCUT2D eigenvalue weighted by atomic mass is 10.0. The third-order valence-corrected chi connectivity index (χ3v) is 6.07. The van der Waals surface area contributed by atoms with Gasteiger partial charge in [0.25, 0.3) is 5.56 Å². The molecule has 0 bridgehead atoms. The molecule has 0 aliphatic carbocycles. The smallest absolute Gasteiger partial charge is 0.258 e. The van der Waals surface area contributed by atoms with Crippen LogP contribution in [0, 0.1) is 13.8 Å². The van der Waals surface area contributed by atoms with E-state index in [4.69, 9.17) is 0 Å². The van der Waals surface area contributed by atoms with Crippen molar-refractivity contribution in [1.29, 1.82) is 0 Å². The third-order valence-electron chi connectivity index (χ3n) is 5.31. The Kier molecular flexibility index (Phi) is 5.28. The fourth-order valence-electron chi connectivity index (χ4n) is 3.62. The summed E-state index contributed by atoms with van der Waals surface area (Å²) in [5, 5.41) is 1.87. The topological polar surface area (TPSA) is 57.9 Å².